The number of alkyl halides is 3. The van der Waals surface area contributed by atoms with Gasteiger partial charge in [0.15, 0.2) is 5.69 Å². The molecule has 0 aliphatic heterocycles. The number of rotatable bonds is 4. The van der Waals surface area contributed by atoms with Crippen LogP contribution in [-0.4, -0.2) is 21.5 Å². The second-order valence-corrected chi connectivity index (χ2v) is 6.92. The predicted molar refractivity (Wildman–Crippen MR) is 111 cm³/mol. The molecule has 1 aliphatic carbocycles. The lowest BCUT2D eigenvalue weighted by Gasteiger charge is -2.15. The van der Waals surface area contributed by atoms with Crippen LogP contribution in [0.25, 0.3) is 5.69 Å². The van der Waals surface area contributed by atoms with E-state index in [0.29, 0.717) is 12.0 Å². The Kier molecular flexibility index (Phi) is 6.05. The Morgan fingerprint density at radius 3 is 2.67 bits per heavy atom. The number of halogens is 3. The Morgan fingerprint density at radius 2 is 2.03 bits per heavy atom. The molecular weight excluding hydrogens is 393 g/mol. The number of aryl methyl sites for hydroxylation is 2. The minimum absolute atomic E-state index is 0.0220. The largest absolute Gasteiger partial charge is 0.416 e. The lowest BCUT2D eigenvalue weighted by atomic mass is 10.1. The molecule has 1 aromatic heterocycles. The number of aliphatic imine (C=N–C) groups is 1. The number of allylic oxidation sites excluding steroid dienone is 3. The molecule has 0 spiro atoms. The van der Waals surface area contributed by atoms with Gasteiger partial charge >= 0.3 is 6.18 Å². The van der Waals surface area contributed by atoms with Crippen molar-refractivity contribution in [2.75, 3.05) is 0 Å². The molecule has 0 saturated heterocycles. The van der Waals surface area contributed by atoms with E-state index in [-0.39, 0.29) is 34.1 Å². The first-order valence-electron chi connectivity index (χ1n) is 9.29. The maximum Gasteiger partial charge on any atom is 0.416 e. The zero-order chi connectivity index (χ0) is 21.9. The first kappa shape index (κ1) is 21.3. The molecule has 1 aromatic carbocycles. The zero-order valence-electron chi connectivity index (χ0n) is 16.5. The summed E-state index contributed by atoms with van der Waals surface area (Å²) in [6.45, 7) is 2.97. The van der Waals surface area contributed by atoms with Crippen molar-refractivity contribution in [2.24, 2.45) is 10.7 Å². The van der Waals surface area contributed by atoms with Crippen LogP contribution in [0.1, 0.15) is 28.8 Å². The highest BCUT2D eigenvalue weighted by Crippen LogP contribution is 2.33. The van der Waals surface area contributed by atoms with Crippen molar-refractivity contribution in [3.63, 3.8) is 0 Å². The van der Waals surface area contributed by atoms with Gasteiger partial charge in [0.25, 0.3) is 0 Å². The SMILES string of the molecule is Cc1ccc(-n2cc(C)c(=O)c(C(C=CN)=NC3C=CC=CC3)n2)cc1C(F)(F)F. The molecule has 0 bridgehead atoms. The van der Waals surface area contributed by atoms with Gasteiger partial charge in [0.1, 0.15) is 0 Å². The molecule has 2 aromatic rings. The van der Waals surface area contributed by atoms with Crippen molar-refractivity contribution in [1.29, 1.82) is 0 Å². The van der Waals surface area contributed by atoms with Crippen LogP contribution >= 0.6 is 0 Å². The predicted octanol–water partition coefficient (Wildman–Crippen LogP) is 4.01. The summed E-state index contributed by atoms with van der Waals surface area (Å²) in [5, 5.41) is 4.30. The van der Waals surface area contributed by atoms with Gasteiger partial charge < -0.3 is 5.73 Å². The van der Waals surface area contributed by atoms with E-state index in [0.717, 1.165) is 6.07 Å². The van der Waals surface area contributed by atoms with E-state index in [1.807, 2.05) is 24.3 Å². The quantitative estimate of drug-likeness (QED) is 0.769. The summed E-state index contributed by atoms with van der Waals surface area (Å²) in [6.07, 6.45) is 7.88. The van der Waals surface area contributed by atoms with E-state index in [1.54, 1.807) is 6.92 Å². The van der Waals surface area contributed by atoms with Gasteiger partial charge in [0.05, 0.1) is 23.0 Å². The smallest absolute Gasteiger partial charge is 0.405 e. The van der Waals surface area contributed by atoms with Crippen LogP contribution in [0.2, 0.25) is 0 Å². The molecule has 5 nitrogen and oxygen atoms in total. The Balaban J connectivity index is 2.15. The van der Waals surface area contributed by atoms with E-state index in [2.05, 4.69) is 10.1 Å². The summed E-state index contributed by atoms with van der Waals surface area (Å²) in [5.74, 6) is 0. The van der Waals surface area contributed by atoms with Crippen LogP contribution < -0.4 is 11.2 Å². The number of hydrogen-bond acceptors (Lipinski definition) is 4. The third kappa shape index (κ3) is 4.59. The van der Waals surface area contributed by atoms with Crippen molar-refractivity contribution >= 4 is 5.71 Å². The normalized spacial score (nSPS) is 17.1. The van der Waals surface area contributed by atoms with E-state index in [1.165, 1.54) is 42.2 Å². The molecule has 30 heavy (non-hydrogen) atoms. The number of benzene rings is 1. The molecule has 1 aliphatic rings. The van der Waals surface area contributed by atoms with Gasteiger partial charge in [-0.25, -0.2) is 4.68 Å². The second kappa shape index (κ2) is 8.52. The molecular formula is C22H21F3N4O. The highest BCUT2D eigenvalue weighted by molar-refractivity contribution is 6.07. The Morgan fingerprint density at radius 1 is 1.27 bits per heavy atom. The number of aromatic nitrogens is 2. The number of nitrogens with zero attached hydrogens (tertiary/aromatic N) is 3. The van der Waals surface area contributed by atoms with Gasteiger partial charge in [-0.3, -0.25) is 9.79 Å². The average molecular weight is 414 g/mol. The highest BCUT2D eigenvalue weighted by Gasteiger charge is 2.32. The Labute approximate surface area is 171 Å². The Bertz CT molecular complexity index is 1120. The van der Waals surface area contributed by atoms with E-state index in [9.17, 15) is 18.0 Å². The average Bonchev–Trinajstić information content (AvgIpc) is 2.70. The molecule has 3 rings (SSSR count). The van der Waals surface area contributed by atoms with Crippen LogP contribution in [0.4, 0.5) is 13.2 Å². The maximum absolute atomic E-state index is 13.3. The van der Waals surface area contributed by atoms with Crippen LogP contribution in [0.3, 0.4) is 0 Å². The standard InChI is InChI=1S/C22H21F3N4O/c1-14-8-9-17(12-18(14)22(23,24)25)29-13-15(2)21(30)20(28-29)19(10-11-26)27-16-6-4-3-5-7-16/h3-6,8-13,16H,7,26H2,1-2H3. The Hall–Kier alpha value is -3.42. The van der Waals surface area contributed by atoms with Crippen LogP contribution in [-0.2, 0) is 6.18 Å². The summed E-state index contributed by atoms with van der Waals surface area (Å²) in [4.78, 5) is 17.3. The molecule has 0 amide bonds. The molecule has 0 radical (unpaired) electrons. The third-order valence-corrected chi connectivity index (χ3v) is 4.65. The monoisotopic (exact) mass is 414 g/mol. The summed E-state index contributed by atoms with van der Waals surface area (Å²) in [7, 11) is 0. The van der Waals surface area contributed by atoms with Crippen molar-refractivity contribution in [3.05, 3.63) is 93.6 Å². The number of hydrogen-bond donors (Lipinski definition) is 1. The molecule has 0 fully saturated rings. The first-order chi connectivity index (χ1) is 14.2. The molecule has 1 atom stereocenters. The van der Waals surface area contributed by atoms with Crippen molar-refractivity contribution in [1.82, 2.24) is 9.78 Å². The maximum atomic E-state index is 13.3. The summed E-state index contributed by atoms with van der Waals surface area (Å²) < 4.78 is 41.2. The molecule has 0 saturated carbocycles. The third-order valence-electron chi connectivity index (χ3n) is 4.65. The highest BCUT2D eigenvalue weighted by atomic mass is 19.4. The molecule has 156 valence electrons. The van der Waals surface area contributed by atoms with Gasteiger partial charge in [0, 0.05) is 11.8 Å². The van der Waals surface area contributed by atoms with E-state index in [4.69, 9.17) is 5.73 Å². The topological polar surface area (TPSA) is 73.3 Å². The molecule has 2 N–H and O–H groups in total. The summed E-state index contributed by atoms with van der Waals surface area (Å²) >= 11 is 0. The van der Waals surface area contributed by atoms with Crippen LogP contribution in [0.5, 0.6) is 0 Å². The first-order valence-corrected chi connectivity index (χ1v) is 9.29. The van der Waals surface area contributed by atoms with E-state index < -0.39 is 11.7 Å². The molecule has 1 unspecified atom stereocenters. The van der Waals surface area contributed by atoms with Crippen molar-refractivity contribution in [3.8, 4) is 5.69 Å². The minimum Gasteiger partial charge on any atom is -0.405 e. The van der Waals surface area contributed by atoms with Gasteiger partial charge in [0.2, 0.25) is 5.43 Å². The van der Waals surface area contributed by atoms with Gasteiger partial charge in [-0.15, -0.1) is 0 Å². The van der Waals surface area contributed by atoms with Gasteiger partial charge in [-0.2, -0.15) is 18.3 Å². The van der Waals surface area contributed by atoms with Gasteiger partial charge in [-0.1, -0.05) is 30.4 Å². The fourth-order valence-corrected chi connectivity index (χ4v) is 3.08. The lowest BCUT2D eigenvalue weighted by Crippen LogP contribution is -2.24. The molecule has 8 heteroatoms. The van der Waals surface area contributed by atoms with E-state index >= 15 is 0 Å². The zero-order valence-corrected chi connectivity index (χ0v) is 16.5. The fraction of sp³-hybridized carbons (Fsp3) is 0.227. The van der Waals surface area contributed by atoms with Crippen LogP contribution in [0, 0.1) is 13.8 Å². The minimum atomic E-state index is -4.49. The van der Waals surface area contributed by atoms with Crippen molar-refractivity contribution < 1.29 is 13.2 Å². The second-order valence-electron chi connectivity index (χ2n) is 6.92. The fourth-order valence-electron chi connectivity index (χ4n) is 3.08. The van der Waals surface area contributed by atoms with Crippen molar-refractivity contribution in [2.45, 2.75) is 32.5 Å². The van der Waals surface area contributed by atoms with Gasteiger partial charge in [-0.05, 0) is 50.2 Å². The molecule has 1 heterocycles. The van der Waals surface area contributed by atoms with Crippen LogP contribution in [0.15, 0.2) is 70.8 Å². The lowest BCUT2D eigenvalue weighted by molar-refractivity contribution is -0.138. The summed E-state index contributed by atoms with van der Waals surface area (Å²) in [5.41, 5.74) is 5.34. The number of nitrogens with two attached hydrogens (primary N) is 1. The summed E-state index contributed by atoms with van der Waals surface area (Å²) in [6, 6.07) is 3.73.